The first-order valence-electron chi connectivity index (χ1n) is 9.12. The van der Waals surface area contributed by atoms with Gasteiger partial charge in [0.2, 0.25) is 0 Å². The Morgan fingerprint density at radius 2 is 2.04 bits per heavy atom. The molecule has 3 aromatic rings. The summed E-state index contributed by atoms with van der Waals surface area (Å²) >= 11 is 0. The van der Waals surface area contributed by atoms with Crippen LogP contribution in [0.15, 0.2) is 41.3 Å². The average Bonchev–Trinajstić information content (AvgIpc) is 3.12. The lowest BCUT2D eigenvalue weighted by Crippen LogP contribution is -2.38. The van der Waals surface area contributed by atoms with Crippen molar-refractivity contribution in [3.63, 3.8) is 0 Å². The molecule has 0 unspecified atom stereocenters. The van der Waals surface area contributed by atoms with E-state index in [0.29, 0.717) is 24.2 Å². The summed E-state index contributed by atoms with van der Waals surface area (Å²) in [5, 5.41) is 4.38. The van der Waals surface area contributed by atoms with Crippen molar-refractivity contribution >= 4 is 11.6 Å². The minimum Gasteiger partial charge on any atom is -0.462 e. The fourth-order valence-corrected chi connectivity index (χ4v) is 3.72. The van der Waals surface area contributed by atoms with Gasteiger partial charge in [0, 0.05) is 33.1 Å². The van der Waals surface area contributed by atoms with Gasteiger partial charge in [-0.3, -0.25) is 14.3 Å². The van der Waals surface area contributed by atoms with Gasteiger partial charge in [-0.05, 0) is 12.5 Å². The molecule has 27 heavy (non-hydrogen) atoms. The fraction of sp³-hybridized carbons (Fsp3) is 0.350. The quantitative estimate of drug-likeness (QED) is 0.658. The van der Waals surface area contributed by atoms with Gasteiger partial charge in [-0.15, -0.1) is 0 Å². The summed E-state index contributed by atoms with van der Waals surface area (Å²) in [6, 6.07) is 10.2. The van der Waals surface area contributed by atoms with Crippen molar-refractivity contribution in [1.82, 2.24) is 19.1 Å². The van der Waals surface area contributed by atoms with Crippen LogP contribution in [0, 0.1) is 0 Å². The summed E-state index contributed by atoms with van der Waals surface area (Å²) < 4.78 is 8.33. The highest BCUT2D eigenvalue weighted by atomic mass is 16.5. The van der Waals surface area contributed by atoms with E-state index in [1.807, 2.05) is 18.2 Å². The monoisotopic (exact) mass is 366 g/mol. The first-order chi connectivity index (χ1) is 13.1. The molecule has 0 fully saturated rings. The number of fused-ring (bicyclic) bond motifs is 3. The maximum absolute atomic E-state index is 13.0. The predicted octanol–water partition coefficient (Wildman–Crippen LogP) is 1.77. The molecule has 0 saturated heterocycles. The van der Waals surface area contributed by atoms with Gasteiger partial charge in [0.1, 0.15) is 5.56 Å². The first kappa shape index (κ1) is 17.5. The number of rotatable bonds is 4. The summed E-state index contributed by atoms with van der Waals surface area (Å²) in [5.41, 5.74) is 3.59. The van der Waals surface area contributed by atoms with E-state index in [1.165, 1.54) is 16.3 Å². The molecule has 2 aromatic heterocycles. The summed E-state index contributed by atoms with van der Waals surface area (Å²) in [6.45, 7) is 4.24. The Labute approximate surface area is 156 Å². The largest absolute Gasteiger partial charge is 0.462 e. The number of nitrogens with zero attached hydrogens (tertiary/aromatic N) is 4. The van der Waals surface area contributed by atoms with Crippen LogP contribution >= 0.6 is 0 Å². The maximum atomic E-state index is 13.0. The molecule has 0 aliphatic carbocycles. The van der Waals surface area contributed by atoms with E-state index < -0.39 is 5.97 Å². The van der Waals surface area contributed by atoms with Crippen molar-refractivity contribution in [2.75, 3.05) is 13.2 Å². The highest BCUT2D eigenvalue weighted by Gasteiger charge is 2.26. The van der Waals surface area contributed by atoms with Crippen molar-refractivity contribution in [3.8, 4) is 0 Å². The molecule has 0 amide bonds. The van der Waals surface area contributed by atoms with E-state index in [1.54, 1.807) is 18.5 Å². The SMILES string of the molecule is CCOC(=O)c1cnn2c3c(c(=O)n(C)c12)CN(Cc1ccccc1)CC3. The third kappa shape index (κ3) is 3.04. The van der Waals surface area contributed by atoms with Crippen LogP contribution in [-0.2, 0) is 31.3 Å². The Morgan fingerprint density at radius 1 is 1.26 bits per heavy atom. The molecule has 0 saturated carbocycles. The topological polar surface area (TPSA) is 68.8 Å². The minimum atomic E-state index is -0.455. The van der Waals surface area contributed by atoms with Gasteiger partial charge in [0.15, 0.2) is 5.65 Å². The Balaban J connectivity index is 1.73. The fourth-order valence-electron chi connectivity index (χ4n) is 3.72. The van der Waals surface area contributed by atoms with E-state index in [9.17, 15) is 9.59 Å². The van der Waals surface area contributed by atoms with Gasteiger partial charge in [0.05, 0.1) is 24.1 Å². The normalized spacial score (nSPS) is 14.3. The number of carbonyl (C=O) groups is 1. The number of esters is 1. The summed E-state index contributed by atoms with van der Waals surface area (Å²) in [4.78, 5) is 27.5. The van der Waals surface area contributed by atoms with Crippen LogP contribution in [0.5, 0.6) is 0 Å². The Morgan fingerprint density at radius 3 is 2.78 bits per heavy atom. The van der Waals surface area contributed by atoms with Gasteiger partial charge in [0.25, 0.3) is 5.56 Å². The molecule has 140 valence electrons. The van der Waals surface area contributed by atoms with Gasteiger partial charge in [-0.2, -0.15) is 5.10 Å². The lowest BCUT2D eigenvalue weighted by atomic mass is 10.1. The molecule has 7 heteroatoms. The maximum Gasteiger partial charge on any atom is 0.343 e. The molecule has 1 aliphatic heterocycles. The van der Waals surface area contributed by atoms with Crippen LogP contribution in [0.2, 0.25) is 0 Å². The number of aryl methyl sites for hydroxylation is 1. The Bertz CT molecular complexity index is 1050. The molecule has 0 bridgehead atoms. The van der Waals surface area contributed by atoms with Gasteiger partial charge < -0.3 is 4.74 Å². The molecule has 7 nitrogen and oxygen atoms in total. The lowest BCUT2D eigenvalue weighted by Gasteiger charge is -2.29. The zero-order valence-electron chi connectivity index (χ0n) is 15.5. The first-order valence-corrected chi connectivity index (χ1v) is 9.12. The van der Waals surface area contributed by atoms with E-state index in [0.717, 1.165) is 24.3 Å². The second-order valence-corrected chi connectivity index (χ2v) is 6.75. The molecule has 0 atom stereocenters. The van der Waals surface area contributed by atoms with Crippen LogP contribution in [0.1, 0.15) is 34.1 Å². The highest BCUT2D eigenvalue weighted by Crippen LogP contribution is 2.21. The summed E-state index contributed by atoms with van der Waals surface area (Å²) in [6.07, 6.45) is 2.20. The molecular formula is C20H22N4O3. The van der Waals surface area contributed by atoms with E-state index >= 15 is 0 Å². The van der Waals surface area contributed by atoms with E-state index in [-0.39, 0.29) is 12.2 Å². The third-order valence-corrected chi connectivity index (χ3v) is 5.02. The smallest absolute Gasteiger partial charge is 0.343 e. The Hall–Kier alpha value is -2.93. The minimum absolute atomic E-state index is 0.0821. The van der Waals surface area contributed by atoms with Gasteiger partial charge >= 0.3 is 5.97 Å². The summed E-state index contributed by atoms with van der Waals surface area (Å²) in [7, 11) is 1.68. The molecule has 4 rings (SSSR count). The standard InChI is InChI=1S/C20H22N4O3/c1-3-27-20(26)15-11-21-24-17-9-10-23(12-14-7-5-4-6-8-14)13-16(17)19(25)22(2)18(15)24/h4-8,11H,3,9-10,12-13H2,1-2H3. The van der Waals surface area contributed by atoms with Crippen LogP contribution in [0.25, 0.3) is 5.65 Å². The predicted molar refractivity (Wildman–Crippen MR) is 101 cm³/mol. The Kier molecular flexibility index (Phi) is 4.53. The van der Waals surface area contributed by atoms with E-state index in [2.05, 4.69) is 22.1 Å². The average molecular weight is 366 g/mol. The zero-order valence-corrected chi connectivity index (χ0v) is 15.5. The van der Waals surface area contributed by atoms with Crippen molar-refractivity contribution in [1.29, 1.82) is 0 Å². The molecular weight excluding hydrogens is 344 g/mol. The molecule has 0 N–H and O–H groups in total. The second-order valence-electron chi connectivity index (χ2n) is 6.75. The van der Waals surface area contributed by atoms with Crippen LogP contribution < -0.4 is 5.56 Å². The van der Waals surface area contributed by atoms with Crippen LogP contribution in [0.3, 0.4) is 0 Å². The van der Waals surface area contributed by atoms with Crippen molar-refractivity contribution < 1.29 is 9.53 Å². The molecule has 1 aliphatic rings. The molecule has 3 heterocycles. The third-order valence-electron chi connectivity index (χ3n) is 5.02. The number of aromatic nitrogens is 3. The van der Waals surface area contributed by atoms with Crippen molar-refractivity contribution in [2.24, 2.45) is 7.05 Å². The van der Waals surface area contributed by atoms with Crippen LogP contribution in [-0.4, -0.2) is 38.2 Å². The molecule has 0 spiro atoms. The zero-order chi connectivity index (χ0) is 19.0. The number of hydrogen-bond donors (Lipinski definition) is 0. The van der Waals surface area contributed by atoms with E-state index in [4.69, 9.17) is 4.74 Å². The number of ether oxygens (including phenoxy) is 1. The highest BCUT2D eigenvalue weighted by molar-refractivity contribution is 5.95. The number of carbonyl (C=O) groups excluding carboxylic acids is 1. The lowest BCUT2D eigenvalue weighted by molar-refractivity contribution is 0.0528. The van der Waals surface area contributed by atoms with Gasteiger partial charge in [-0.1, -0.05) is 30.3 Å². The van der Waals surface area contributed by atoms with Crippen LogP contribution in [0.4, 0.5) is 0 Å². The molecule has 1 aromatic carbocycles. The summed E-state index contributed by atoms with van der Waals surface area (Å²) in [5.74, 6) is -0.455. The molecule has 0 radical (unpaired) electrons. The number of hydrogen-bond acceptors (Lipinski definition) is 5. The second kappa shape index (κ2) is 7.00. The van der Waals surface area contributed by atoms with Gasteiger partial charge in [-0.25, -0.2) is 9.31 Å². The van der Waals surface area contributed by atoms with Crippen molar-refractivity contribution in [3.05, 3.63) is 69.3 Å². The number of benzene rings is 1. The van der Waals surface area contributed by atoms with Crippen molar-refractivity contribution in [2.45, 2.75) is 26.4 Å².